The van der Waals surface area contributed by atoms with E-state index in [-0.39, 0.29) is 0 Å². The summed E-state index contributed by atoms with van der Waals surface area (Å²) in [5, 5.41) is 3.14. The highest BCUT2D eigenvalue weighted by molar-refractivity contribution is 5.26. The molecule has 1 unspecified atom stereocenters. The predicted octanol–water partition coefficient (Wildman–Crippen LogP) is 2.92. The van der Waals surface area contributed by atoms with E-state index in [2.05, 4.69) is 32.3 Å². The third-order valence-electron chi connectivity index (χ3n) is 2.43. The summed E-state index contributed by atoms with van der Waals surface area (Å²) in [4.78, 5) is 0. The summed E-state index contributed by atoms with van der Waals surface area (Å²) in [6, 6.07) is 0. The van der Waals surface area contributed by atoms with Crippen LogP contribution in [-0.4, -0.2) is 13.6 Å². The fraction of sp³-hybridized carbons (Fsp3) is 0.500. The zero-order valence-electron chi connectivity index (χ0n) is 9.06. The summed E-state index contributed by atoms with van der Waals surface area (Å²) in [6.07, 6.45) is 4.97. The second-order valence-corrected chi connectivity index (χ2v) is 3.29. The van der Waals surface area contributed by atoms with Gasteiger partial charge in [0.15, 0.2) is 0 Å². The Morgan fingerprint density at radius 2 is 2.08 bits per heavy atom. The number of rotatable bonds is 6. The van der Waals surface area contributed by atoms with Crippen molar-refractivity contribution in [3.63, 3.8) is 0 Å². The Hall–Kier alpha value is -0.820. The van der Waals surface area contributed by atoms with E-state index in [0.717, 1.165) is 13.0 Å². The molecule has 0 saturated heterocycles. The lowest BCUT2D eigenvalue weighted by Crippen LogP contribution is -2.09. The molecule has 0 rings (SSSR count). The van der Waals surface area contributed by atoms with Gasteiger partial charge in [-0.2, -0.15) is 0 Å². The van der Waals surface area contributed by atoms with Crippen LogP contribution >= 0.6 is 0 Å². The largest absolute Gasteiger partial charge is 0.319 e. The molecule has 0 saturated carbocycles. The van der Waals surface area contributed by atoms with E-state index >= 15 is 0 Å². The summed E-state index contributed by atoms with van der Waals surface area (Å²) in [5.41, 5.74) is 2.71. The van der Waals surface area contributed by atoms with Crippen molar-refractivity contribution in [3.05, 3.63) is 36.5 Å². The first-order valence-electron chi connectivity index (χ1n) is 4.76. The molecule has 0 aromatic carbocycles. The number of hydrogen-bond acceptors (Lipinski definition) is 1. The van der Waals surface area contributed by atoms with Gasteiger partial charge in [-0.05, 0) is 38.4 Å². The van der Waals surface area contributed by atoms with Gasteiger partial charge < -0.3 is 5.32 Å². The summed E-state index contributed by atoms with van der Waals surface area (Å²) >= 11 is 0. The fourth-order valence-electron chi connectivity index (χ4n) is 1.19. The van der Waals surface area contributed by atoms with Crippen LogP contribution in [0.15, 0.2) is 36.5 Å². The molecule has 0 radical (unpaired) electrons. The Labute approximate surface area is 82.2 Å². The molecule has 1 atom stereocenters. The normalized spacial score (nSPS) is 14.7. The van der Waals surface area contributed by atoms with Crippen LogP contribution in [0.25, 0.3) is 0 Å². The first kappa shape index (κ1) is 12.2. The second kappa shape index (κ2) is 6.67. The highest BCUT2D eigenvalue weighted by Crippen LogP contribution is 2.18. The van der Waals surface area contributed by atoms with Crippen molar-refractivity contribution in [1.29, 1.82) is 0 Å². The minimum Gasteiger partial charge on any atom is -0.319 e. The smallest absolute Gasteiger partial charge is 0.00114 e. The lowest BCUT2D eigenvalue weighted by atomic mass is 9.95. The van der Waals surface area contributed by atoms with E-state index in [1.165, 1.54) is 11.1 Å². The van der Waals surface area contributed by atoms with Crippen LogP contribution in [0.2, 0.25) is 0 Å². The quantitative estimate of drug-likeness (QED) is 0.488. The van der Waals surface area contributed by atoms with E-state index in [4.69, 9.17) is 0 Å². The van der Waals surface area contributed by atoms with Crippen LogP contribution in [0.1, 0.15) is 20.3 Å². The molecule has 0 amide bonds. The van der Waals surface area contributed by atoms with Crippen LogP contribution in [0.4, 0.5) is 0 Å². The molecule has 0 spiro atoms. The molecular formula is C12H21N. The molecule has 0 aromatic heterocycles. The average Bonchev–Trinajstić information content (AvgIpc) is 2.17. The molecule has 74 valence electrons. The van der Waals surface area contributed by atoms with Gasteiger partial charge in [-0.3, -0.25) is 0 Å². The standard InChI is InChI=1S/C12H21N/c1-6-10(3)11(4)12(7-2)8-9-13-5/h6-7,10,13H,1-2,8-9H2,3-5H3/b12-11-. The van der Waals surface area contributed by atoms with Gasteiger partial charge in [0.05, 0.1) is 0 Å². The molecule has 0 aliphatic rings. The van der Waals surface area contributed by atoms with Gasteiger partial charge in [0.2, 0.25) is 0 Å². The number of hydrogen-bond donors (Lipinski definition) is 1. The topological polar surface area (TPSA) is 12.0 Å². The Morgan fingerprint density at radius 1 is 1.46 bits per heavy atom. The highest BCUT2D eigenvalue weighted by atomic mass is 14.8. The molecule has 0 aliphatic carbocycles. The van der Waals surface area contributed by atoms with E-state index in [1.807, 2.05) is 19.2 Å². The summed E-state index contributed by atoms with van der Waals surface area (Å²) in [6.45, 7) is 12.9. The van der Waals surface area contributed by atoms with Crippen molar-refractivity contribution in [1.82, 2.24) is 5.32 Å². The molecule has 0 aliphatic heterocycles. The predicted molar refractivity (Wildman–Crippen MR) is 60.8 cm³/mol. The summed E-state index contributed by atoms with van der Waals surface area (Å²) in [7, 11) is 1.97. The number of nitrogens with one attached hydrogen (secondary N) is 1. The van der Waals surface area contributed by atoms with Crippen LogP contribution in [0.3, 0.4) is 0 Å². The van der Waals surface area contributed by atoms with Gasteiger partial charge in [0, 0.05) is 0 Å². The molecule has 1 heteroatoms. The van der Waals surface area contributed by atoms with Gasteiger partial charge in [0.25, 0.3) is 0 Å². The monoisotopic (exact) mass is 179 g/mol. The first-order valence-corrected chi connectivity index (χ1v) is 4.76. The molecule has 1 nitrogen and oxygen atoms in total. The maximum Gasteiger partial charge on any atom is -0.00114 e. The van der Waals surface area contributed by atoms with Crippen molar-refractivity contribution in [2.24, 2.45) is 5.92 Å². The van der Waals surface area contributed by atoms with Crippen molar-refractivity contribution in [2.75, 3.05) is 13.6 Å². The van der Waals surface area contributed by atoms with E-state index in [1.54, 1.807) is 0 Å². The summed E-state index contributed by atoms with van der Waals surface area (Å²) < 4.78 is 0. The second-order valence-electron chi connectivity index (χ2n) is 3.29. The summed E-state index contributed by atoms with van der Waals surface area (Å²) in [5.74, 6) is 0.449. The van der Waals surface area contributed by atoms with Gasteiger partial charge in [-0.15, -0.1) is 6.58 Å². The van der Waals surface area contributed by atoms with Crippen LogP contribution < -0.4 is 5.32 Å². The first-order chi connectivity index (χ1) is 6.17. The van der Waals surface area contributed by atoms with E-state index in [9.17, 15) is 0 Å². The lowest BCUT2D eigenvalue weighted by molar-refractivity contribution is 0.768. The Balaban J connectivity index is 4.47. The van der Waals surface area contributed by atoms with Crippen molar-refractivity contribution < 1.29 is 0 Å². The van der Waals surface area contributed by atoms with Gasteiger partial charge in [-0.25, -0.2) is 0 Å². The van der Waals surface area contributed by atoms with Crippen molar-refractivity contribution in [3.8, 4) is 0 Å². The van der Waals surface area contributed by atoms with E-state index in [0.29, 0.717) is 5.92 Å². The molecular weight excluding hydrogens is 158 g/mol. The van der Waals surface area contributed by atoms with Gasteiger partial charge >= 0.3 is 0 Å². The van der Waals surface area contributed by atoms with Gasteiger partial charge in [-0.1, -0.05) is 31.2 Å². The molecule has 0 fully saturated rings. The minimum absolute atomic E-state index is 0.449. The Morgan fingerprint density at radius 3 is 2.46 bits per heavy atom. The van der Waals surface area contributed by atoms with Gasteiger partial charge in [0.1, 0.15) is 0 Å². The molecule has 0 heterocycles. The van der Waals surface area contributed by atoms with Crippen molar-refractivity contribution in [2.45, 2.75) is 20.3 Å². The zero-order chi connectivity index (χ0) is 10.3. The van der Waals surface area contributed by atoms with Crippen LogP contribution in [0.5, 0.6) is 0 Å². The maximum atomic E-state index is 3.83. The zero-order valence-corrected chi connectivity index (χ0v) is 9.06. The molecule has 13 heavy (non-hydrogen) atoms. The third-order valence-corrected chi connectivity index (χ3v) is 2.43. The lowest BCUT2D eigenvalue weighted by Gasteiger charge is -2.12. The molecule has 0 bridgehead atoms. The van der Waals surface area contributed by atoms with Crippen LogP contribution in [-0.2, 0) is 0 Å². The average molecular weight is 179 g/mol. The number of allylic oxidation sites excluding steroid dienone is 3. The van der Waals surface area contributed by atoms with Crippen molar-refractivity contribution >= 4 is 0 Å². The van der Waals surface area contributed by atoms with E-state index < -0.39 is 0 Å². The fourth-order valence-corrected chi connectivity index (χ4v) is 1.19. The Kier molecular flexibility index (Phi) is 6.25. The maximum absolute atomic E-state index is 3.83. The molecule has 1 N–H and O–H groups in total. The minimum atomic E-state index is 0.449. The van der Waals surface area contributed by atoms with Crippen LogP contribution in [0, 0.1) is 5.92 Å². The highest BCUT2D eigenvalue weighted by Gasteiger charge is 2.03. The Bertz CT molecular complexity index is 201. The SMILES string of the molecule is C=C/C(CCNC)=C(\C)C(C)C=C. The third kappa shape index (κ3) is 4.09. The molecule has 0 aromatic rings.